The Labute approximate surface area is 112 Å². The SMILES string of the molecule is COC(c1ccc2c(c1)OCO2)C1CCCCC1=O. The maximum Gasteiger partial charge on any atom is 0.231 e. The Balaban J connectivity index is 1.87. The van der Waals surface area contributed by atoms with Gasteiger partial charge in [-0.1, -0.05) is 12.5 Å². The molecule has 4 nitrogen and oxygen atoms in total. The van der Waals surface area contributed by atoms with Gasteiger partial charge in [-0.3, -0.25) is 4.79 Å². The van der Waals surface area contributed by atoms with Crippen molar-refractivity contribution in [2.45, 2.75) is 31.8 Å². The average Bonchev–Trinajstić information content (AvgIpc) is 2.89. The molecule has 1 aromatic rings. The summed E-state index contributed by atoms with van der Waals surface area (Å²) in [7, 11) is 1.66. The lowest BCUT2D eigenvalue weighted by Gasteiger charge is -2.28. The monoisotopic (exact) mass is 262 g/mol. The fraction of sp³-hybridized carbons (Fsp3) is 0.533. The maximum atomic E-state index is 12.1. The lowest BCUT2D eigenvalue weighted by Crippen LogP contribution is -2.26. The minimum Gasteiger partial charge on any atom is -0.454 e. The summed E-state index contributed by atoms with van der Waals surface area (Å²) in [6.45, 7) is 0.263. The molecule has 19 heavy (non-hydrogen) atoms. The summed E-state index contributed by atoms with van der Waals surface area (Å²) in [6.07, 6.45) is 3.51. The highest BCUT2D eigenvalue weighted by atomic mass is 16.7. The van der Waals surface area contributed by atoms with Crippen molar-refractivity contribution < 1.29 is 19.0 Å². The molecule has 1 fully saturated rings. The van der Waals surface area contributed by atoms with E-state index in [9.17, 15) is 4.79 Å². The zero-order valence-corrected chi connectivity index (χ0v) is 11.1. The highest BCUT2D eigenvalue weighted by Crippen LogP contribution is 2.39. The Morgan fingerprint density at radius 1 is 1.26 bits per heavy atom. The van der Waals surface area contributed by atoms with Gasteiger partial charge in [0, 0.05) is 19.4 Å². The van der Waals surface area contributed by atoms with E-state index in [0.29, 0.717) is 12.2 Å². The van der Waals surface area contributed by atoms with E-state index < -0.39 is 0 Å². The third-order valence-corrected chi connectivity index (χ3v) is 3.95. The van der Waals surface area contributed by atoms with Gasteiger partial charge in [-0.15, -0.1) is 0 Å². The van der Waals surface area contributed by atoms with Crippen molar-refractivity contribution >= 4 is 5.78 Å². The minimum atomic E-state index is -0.178. The van der Waals surface area contributed by atoms with Gasteiger partial charge < -0.3 is 14.2 Å². The van der Waals surface area contributed by atoms with Gasteiger partial charge in [-0.25, -0.2) is 0 Å². The molecule has 0 bridgehead atoms. The fourth-order valence-electron chi connectivity index (χ4n) is 2.95. The number of hydrogen-bond donors (Lipinski definition) is 0. The van der Waals surface area contributed by atoms with Crippen molar-refractivity contribution in [1.29, 1.82) is 0 Å². The molecule has 0 radical (unpaired) electrons. The van der Waals surface area contributed by atoms with E-state index in [1.165, 1.54) is 0 Å². The van der Waals surface area contributed by atoms with Crippen LogP contribution in [-0.4, -0.2) is 19.7 Å². The first-order chi connectivity index (χ1) is 9.29. The molecule has 2 aliphatic rings. The van der Waals surface area contributed by atoms with E-state index in [1.807, 2.05) is 18.2 Å². The Hall–Kier alpha value is -1.55. The van der Waals surface area contributed by atoms with E-state index in [1.54, 1.807) is 7.11 Å². The van der Waals surface area contributed by atoms with E-state index in [4.69, 9.17) is 14.2 Å². The van der Waals surface area contributed by atoms with Crippen molar-refractivity contribution in [3.05, 3.63) is 23.8 Å². The van der Waals surface area contributed by atoms with Crippen LogP contribution in [0.5, 0.6) is 11.5 Å². The molecule has 3 rings (SSSR count). The Bertz CT molecular complexity index is 483. The summed E-state index contributed by atoms with van der Waals surface area (Å²) < 4.78 is 16.3. The lowest BCUT2D eigenvalue weighted by molar-refractivity contribution is -0.129. The van der Waals surface area contributed by atoms with Crippen molar-refractivity contribution in [3.8, 4) is 11.5 Å². The van der Waals surface area contributed by atoms with Gasteiger partial charge in [0.15, 0.2) is 11.5 Å². The van der Waals surface area contributed by atoms with Crippen LogP contribution in [0.3, 0.4) is 0 Å². The zero-order valence-electron chi connectivity index (χ0n) is 11.1. The van der Waals surface area contributed by atoms with Gasteiger partial charge in [0.2, 0.25) is 6.79 Å². The van der Waals surface area contributed by atoms with Crippen LogP contribution in [0.2, 0.25) is 0 Å². The second kappa shape index (κ2) is 5.21. The largest absolute Gasteiger partial charge is 0.454 e. The number of carbonyl (C=O) groups is 1. The molecule has 0 saturated heterocycles. The minimum absolute atomic E-state index is 0.0286. The average molecular weight is 262 g/mol. The molecular weight excluding hydrogens is 244 g/mol. The van der Waals surface area contributed by atoms with Crippen molar-refractivity contribution in [3.63, 3.8) is 0 Å². The van der Waals surface area contributed by atoms with Crippen LogP contribution in [0, 0.1) is 5.92 Å². The molecule has 2 atom stereocenters. The highest BCUT2D eigenvalue weighted by Gasteiger charge is 2.32. The molecule has 4 heteroatoms. The van der Waals surface area contributed by atoms with Crippen molar-refractivity contribution in [2.75, 3.05) is 13.9 Å². The van der Waals surface area contributed by atoms with Crippen LogP contribution < -0.4 is 9.47 Å². The van der Waals surface area contributed by atoms with E-state index in [0.717, 1.165) is 36.3 Å². The van der Waals surface area contributed by atoms with Crippen molar-refractivity contribution in [1.82, 2.24) is 0 Å². The Morgan fingerprint density at radius 2 is 2.11 bits per heavy atom. The van der Waals surface area contributed by atoms with Crippen molar-refractivity contribution in [2.24, 2.45) is 5.92 Å². The van der Waals surface area contributed by atoms with Gasteiger partial charge in [-0.05, 0) is 30.5 Å². The molecule has 1 aromatic carbocycles. The molecular formula is C15H18O4. The molecule has 2 unspecified atom stereocenters. The number of hydrogen-bond acceptors (Lipinski definition) is 4. The van der Waals surface area contributed by atoms with Gasteiger partial charge in [0.1, 0.15) is 5.78 Å². The van der Waals surface area contributed by atoms with Crippen LogP contribution in [0.1, 0.15) is 37.4 Å². The van der Waals surface area contributed by atoms with Gasteiger partial charge >= 0.3 is 0 Å². The third-order valence-electron chi connectivity index (χ3n) is 3.95. The highest BCUT2D eigenvalue weighted by molar-refractivity contribution is 5.82. The first kappa shape index (κ1) is 12.5. The number of benzene rings is 1. The molecule has 102 valence electrons. The molecule has 0 N–H and O–H groups in total. The number of methoxy groups -OCH3 is 1. The predicted octanol–water partition coefficient (Wildman–Crippen LogP) is 2.86. The molecule has 1 aliphatic heterocycles. The maximum absolute atomic E-state index is 12.1. The van der Waals surface area contributed by atoms with Crippen LogP contribution in [0.15, 0.2) is 18.2 Å². The number of fused-ring (bicyclic) bond motifs is 1. The molecule has 1 heterocycles. The first-order valence-corrected chi connectivity index (χ1v) is 6.74. The number of rotatable bonds is 3. The number of ketones is 1. The normalized spacial score (nSPS) is 23.4. The number of carbonyl (C=O) groups excluding carboxylic acids is 1. The van der Waals surface area contributed by atoms with E-state index in [-0.39, 0.29) is 18.8 Å². The quantitative estimate of drug-likeness (QED) is 0.840. The summed E-state index contributed by atoms with van der Waals surface area (Å²) in [4.78, 5) is 12.1. The molecule has 0 amide bonds. The second-order valence-electron chi connectivity index (χ2n) is 5.09. The first-order valence-electron chi connectivity index (χ1n) is 6.74. The summed E-state index contributed by atoms with van der Waals surface area (Å²) >= 11 is 0. The van der Waals surface area contributed by atoms with Crippen LogP contribution >= 0.6 is 0 Å². The molecule has 0 spiro atoms. The summed E-state index contributed by atoms with van der Waals surface area (Å²) in [5.74, 6) is 1.78. The standard InChI is InChI=1S/C15H18O4/c1-17-15(11-4-2-3-5-12(11)16)10-6-7-13-14(8-10)19-9-18-13/h6-8,11,15H,2-5,9H2,1H3. The topological polar surface area (TPSA) is 44.8 Å². The number of Topliss-reactive ketones (excluding diaryl/α,β-unsaturated/α-hetero) is 1. The summed E-state index contributed by atoms with van der Waals surface area (Å²) in [5.41, 5.74) is 0.993. The number of ether oxygens (including phenoxy) is 3. The lowest BCUT2D eigenvalue weighted by atomic mass is 9.81. The molecule has 1 saturated carbocycles. The smallest absolute Gasteiger partial charge is 0.231 e. The van der Waals surface area contributed by atoms with Gasteiger partial charge in [0.25, 0.3) is 0 Å². The van der Waals surface area contributed by atoms with Crippen LogP contribution in [0.25, 0.3) is 0 Å². The zero-order chi connectivity index (χ0) is 13.2. The van der Waals surface area contributed by atoms with Crippen LogP contribution in [0.4, 0.5) is 0 Å². The molecule has 0 aromatic heterocycles. The van der Waals surface area contributed by atoms with Gasteiger partial charge in [0.05, 0.1) is 6.10 Å². The predicted molar refractivity (Wildman–Crippen MR) is 69.3 cm³/mol. The molecule has 1 aliphatic carbocycles. The fourth-order valence-corrected chi connectivity index (χ4v) is 2.95. The van der Waals surface area contributed by atoms with Gasteiger partial charge in [-0.2, -0.15) is 0 Å². The second-order valence-corrected chi connectivity index (χ2v) is 5.09. The summed E-state index contributed by atoms with van der Waals surface area (Å²) in [5, 5.41) is 0. The Kier molecular flexibility index (Phi) is 3.42. The van der Waals surface area contributed by atoms with Crippen LogP contribution in [-0.2, 0) is 9.53 Å². The van der Waals surface area contributed by atoms with E-state index >= 15 is 0 Å². The van der Waals surface area contributed by atoms with E-state index in [2.05, 4.69) is 0 Å². The summed E-state index contributed by atoms with van der Waals surface area (Å²) in [6, 6.07) is 5.78. The third kappa shape index (κ3) is 2.32. The Morgan fingerprint density at radius 3 is 2.89 bits per heavy atom.